The second-order valence-electron chi connectivity index (χ2n) is 8.71. The zero-order chi connectivity index (χ0) is 26.0. The smallest absolute Gasteiger partial charge is 0.243 e. The lowest BCUT2D eigenvalue weighted by Crippen LogP contribution is -2.49. The molecule has 0 radical (unpaired) electrons. The number of phenolic OH excluding ortho intramolecular Hbond substituents is 1. The number of amides is 2. The second-order valence-corrected chi connectivity index (χ2v) is 8.71. The minimum absolute atomic E-state index is 0.147. The molecule has 3 N–H and O–H groups in total. The number of nitrogens with zero attached hydrogens (tertiary/aromatic N) is 1. The van der Waals surface area contributed by atoms with E-state index in [1.54, 1.807) is 48.5 Å². The summed E-state index contributed by atoms with van der Waals surface area (Å²) in [6.45, 7) is 0.250. The molecule has 0 aliphatic rings. The van der Waals surface area contributed by atoms with Gasteiger partial charge in [-0.25, -0.2) is 0 Å². The lowest BCUT2D eigenvalue weighted by atomic mass is 9.90. The van der Waals surface area contributed by atoms with Gasteiger partial charge in [-0.15, -0.1) is 0 Å². The van der Waals surface area contributed by atoms with Gasteiger partial charge in [-0.3, -0.25) is 9.59 Å². The Bertz CT molecular complexity index is 1320. The van der Waals surface area contributed by atoms with Crippen molar-refractivity contribution in [1.82, 2.24) is 10.6 Å². The van der Waals surface area contributed by atoms with Gasteiger partial charge < -0.3 is 15.7 Å². The Morgan fingerprint density at radius 3 is 1.81 bits per heavy atom. The van der Waals surface area contributed by atoms with E-state index in [-0.39, 0.29) is 30.5 Å². The number of rotatable bonds is 9. The van der Waals surface area contributed by atoms with Gasteiger partial charge in [0.1, 0.15) is 11.8 Å². The molecule has 37 heavy (non-hydrogen) atoms. The molecule has 4 aromatic carbocycles. The maximum absolute atomic E-state index is 13.7. The van der Waals surface area contributed by atoms with E-state index in [2.05, 4.69) is 16.7 Å². The van der Waals surface area contributed by atoms with E-state index in [0.717, 1.165) is 22.3 Å². The largest absolute Gasteiger partial charge is 0.508 e. The highest BCUT2D eigenvalue weighted by Gasteiger charge is 2.28. The molecule has 0 aliphatic heterocycles. The predicted molar refractivity (Wildman–Crippen MR) is 141 cm³/mol. The van der Waals surface area contributed by atoms with E-state index < -0.39 is 12.0 Å². The van der Waals surface area contributed by atoms with E-state index >= 15 is 0 Å². The number of carbonyl (C=O) groups is 2. The molecule has 1 unspecified atom stereocenters. The van der Waals surface area contributed by atoms with Crippen LogP contribution in [-0.2, 0) is 22.6 Å². The van der Waals surface area contributed by atoms with E-state index in [1.165, 1.54) is 0 Å². The van der Waals surface area contributed by atoms with Crippen molar-refractivity contribution >= 4 is 11.8 Å². The molecule has 4 aromatic rings. The lowest BCUT2D eigenvalue weighted by molar-refractivity contribution is -0.129. The summed E-state index contributed by atoms with van der Waals surface area (Å²) in [6, 6.07) is 33.7. The molecule has 0 aromatic heterocycles. The second kappa shape index (κ2) is 12.2. The lowest BCUT2D eigenvalue weighted by Gasteiger charge is -2.23. The van der Waals surface area contributed by atoms with Crippen LogP contribution in [-0.4, -0.2) is 23.0 Å². The summed E-state index contributed by atoms with van der Waals surface area (Å²) in [5.41, 5.74) is 3.82. The summed E-state index contributed by atoms with van der Waals surface area (Å²) in [5.74, 6) is -1.05. The molecular formula is C31H27N3O3. The summed E-state index contributed by atoms with van der Waals surface area (Å²) in [6.07, 6.45) is 0.259. The SMILES string of the molecule is N#Cc1ccc(CC(NC(=O)C(c2ccccc2)c2ccccc2)C(=O)NCc2ccc(O)cc2)cc1. The molecule has 0 heterocycles. The Morgan fingerprint density at radius 1 is 0.730 bits per heavy atom. The molecule has 0 aliphatic carbocycles. The Balaban J connectivity index is 1.58. The molecule has 0 saturated carbocycles. The average molecular weight is 490 g/mol. The first-order chi connectivity index (χ1) is 18.0. The number of phenols is 1. The molecule has 184 valence electrons. The molecule has 1 atom stereocenters. The van der Waals surface area contributed by atoms with Gasteiger partial charge in [0.05, 0.1) is 17.6 Å². The van der Waals surface area contributed by atoms with Gasteiger partial charge in [0.2, 0.25) is 11.8 Å². The number of hydrogen-bond donors (Lipinski definition) is 3. The summed E-state index contributed by atoms with van der Waals surface area (Å²) >= 11 is 0. The van der Waals surface area contributed by atoms with Gasteiger partial charge in [-0.1, -0.05) is 84.9 Å². The maximum atomic E-state index is 13.7. The van der Waals surface area contributed by atoms with Gasteiger partial charge >= 0.3 is 0 Å². The van der Waals surface area contributed by atoms with Gasteiger partial charge in [0, 0.05) is 13.0 Å². The van der Waals surface area contributed by atoms with Crippen molar-refractivity contribution in [1.29, 1.82) is 5.26 Å². The topological polar surface area (TPSA) is 102 Å². The minimum atomic E-state index is -0.840. The first-order valence-electron chi connectivity index (χ1n) is 12.0. The van der Waals surface area contributed by atoms with Crippen molar-refractivity contribution in [2.24, 2.45) is 0 Å². The van der Waals surface area contributed by atoms with Crippen LogP contribution in [0.5, 0.6) is 5.75 Å². The highest BCUT2D eigenvalue weighted by Crippen LogP contribution is 2.25. The van der Waals surface area contributed by atoms with Crippen molar-refractivity contribution in [3.63, 3.8) is 0 Å². The molecule has 0 bridgehead atoms. The van der Waals surface area contributed by atoms with Gasteiger partial charge in [0.15, 0.2) is 0 Å². The van der Waals surface area contributed by atoms with Crippen LogP contribution in [0.1, 0.15) is 33.7 Å². The summed E-state index contributed by atoms with van der Waals surface area (Å²) in [7, 11) is 0. The van der Waals surface area contributed by atoms with Crippen LogP contribution in [0.25, 0.3) is 0 Å². The first kappa shape index (κ1) is 25.2. The highest BCUT2D eigenvalue weighted by molar-refractivity contribution is 5.92. The van der Waals surface area contributed by atoms with Crippen LogP contribution >= 0.6 is 0 Å². The average Bonchev–Trinajstić information content (AvgIpc) is 2.94. The number of carbonyl (C=O) groups excluding carboxylic acids is 2. The van der Waals surface area contributed by atoms with Crippen molar-refractivity contribution < 1.29 is 14.7 Å². The molecule has 6 nitrogen and oxygen atoms in total. The van der Waals surface area contributed by atoms with Crippen molar-refractivity contribution in [3.05, 3.63) is 137 Å². The Labute approximate surface area is 216 Å². The van der Waals surface area contributed by atoms with Crippen molar-refractivity contribution in [2.75, 3.05) is 0 Å². The monoisotopic (exact) mass is 489 g/mol. The molecule has 2 amide bonds. The highest BCUT2D eigenvalue weighted by atomic mass is 16.3. The third-order valence-electron chi connectivity index (χ3n) is 6.09. The van der Waals surface area contributed by atoms with E-state index in [9.17, 15) is 14.7 Å². The fourth-order valence-corrected chi connectivity index (χ4v) is 4.13. The fourth-order valence-electron chi connectivity index (χ4n) is 4.13. The molecule has 0 spiro atoms. The predicted octanol–water partition coefficient (Wildman–Crippen LogP) is 4.44. The van der Waals surface area contributed by atoms with Gasteiger partial charge in [-0.05, 0) is 46.5 Å². The molecule has 0 saturated heterocycles. The fraction of sp³-hybridized carbons (Fsp3) is 0.129. The molecular weight excluding hydrogens is 462 g/mol. The van der Waals surface area contributed by atoms with Crippen LogP contribution in [0.4, 0.5) is 0 Å². The minimum Gasteiger partial charge on any atom is -0.508 e. The Hall–Kier alpha value is -4.89. The standard InChI is InChI=1S/C31H27N3O3/c32-20-23-13-11-22(12-14-23)19-28(30(36)33-21-24-15-17-27(35)18-16-24)34-31(37)29(25-7-3-1-4-8-25)26-9-5-2-6-10-26/h1-18,28-29,35H,19,21H2,(H,33,36)(H,34,37). The third-order valence-corrected chi connectivity index (χ3v) is 6.09. The number of benzene rings is 4. The number of aromatic hydroxyl groups is 1. The quantitative estimate of drug-likeness (QED) is 0.323. The number of hydrogen-bond acceptors (Lipinski definition) is 4. The maximum Gasteiger partial charge on any atom is 0.243 e. The Morgan fingerprint density at radius 2 is 1.27 bits per heavy atom. The van der Waals surface area contributed by atoms with E-state index in [4.69, 9.17) is 5.26 Å². The van der Waals surface area contributed by atoms with Crippen LogP contribution in [0.3, 0.4) is 0 Å². The van der Waals surface area contributed by atoms with Crippen molar-refractivity contribution in [3.8, 4) is 11.8 Å². The van der Waals surface area contributed by atoms with Crippen LogP contribution in [0.15, 0.2) is 109 Å². The normalized spacial score (nSPS) is 11.4. The van der Waals surface area contributed by atoms with Gasteiger partial charge in [-0.2, -0.15) is 5.26 Å². The Kier molecular flexibility index (Phi) is 8.30. The summed E-state index contributed by atoms with van der Waals surface area (Å²) in [4.78, 5) is 27.0. The summed E-state index contributed by atoms with van der Waals surface area (Å²) in [5, 5.41) is 24.5. The van der Waals surface area contributed by atoms with Crippen molar-refractivity contribution in [2.45, 2.75) is 24.9 Å². The van der Waals surface area contributed by atoms with Gasteiger partial charge in [0.25, 0.3) is 0 Å². The van der Waals surface area contributed by atoms with E-state index in [1.807, 2.05) is 60.7 Å². The van der Waals surface area contributed by atoms with Crippen LogP contribution in [0.2, 0.25) is 0 Å². The first-order valence-corrected chi connectivity index (χ1v) is 12.0. The van der Waals surface area contributed by atoms with E-state index in [0.29, 0.717) is 5.56 Å². The molecule has 4 rings (SSSR count). The molecule has 0 fully saturated rings. The molecule has 6 heteroatoms. The zero-order valence-electron chi connectivity index (χ0n) is 20.2. The summed E-state index contributed by atoms with van der Waals surface area (Å²) < 4.78 is 0. The number of nitriles is 1. The zero-order valence-corrected chi connectivity index (χ0v) is 20.2. The number of nitrogens with one attached hydrogen (secondary N) is 2. The van der Waals surface area contributed by atoms with Crippen LogP contribution in [0, 0.1) is 11.3 Å². The van der Waals surface area contributed by atoms with Crippen LogP contribution < -0.4 is 10.6 Å². The third kappa shape index (κ3) is 6.83.